The smallest absolute Gasteiger partial charge is 0.264 e. The van der Waals surface area contributed by atoms with Gasteiger partial charge in [0.2, 0.25) is 5.91 Å². The minimum atomic E-state index is -4.05. The minimum absolute atomic E-state index is 0.0634. The highest BCUT2D eigenvalue weighted by Crippen LogP contribution is 2.60. The molecular weight excluding hydrogens is 588 g/mol. The van der Waals surface area contributed by atoms with Crippen LogP contribution in [0.2, 0.25) is 0 Å². The number of hydrogen-bond donors (Lipinski definition) is 1. The van der Waals surface area contributed by atoms with Crippen LogP contribution in [-0.2, 0) is 20.2 Å². The Labute approximate surface area is 245 Å². The number of methoxy groups -OCH3 is 1. The van der Waals surface area contributed by atoms with Gasteiger partial charge in [-0.15, -0.1) is 0 Å². The Morgan fingerprint density at radius 2 is 1.55 bits per heavy atom. The number of sulfonamides is 1. The molecule has 4 bridgehead atoms. The van der Waals surface area contributed by atoms with E-state index < -0.39 is 15.9 Å². The van der Waals surface area contributed by atoms with Gasteiger partial charge in [-0.1, -0.05) is 29.8 Å². The van der Waals surface area contributed by atoms with Gasteiger partial charge < -0.3 is 10.1 Å². The summed E-state index contributed by atoms with van der Waals surface area (Å²) in [7, 11) is -2.53. The van der Waals surface area contributed by atoms with Gasteiger partial charge in [0, 0.05) is 5.69 Å². The topological polar surface area (TPSA) is 75.7 Å². The van der Waals surface area contributed by atoms with E-state index in [0.717, 1.165) is 27.6 Å². The molecule has 8 heteroatoms. The van der Waals surface area contributed by atoms with Gasteiger partial charge in [-0.2, -0.15) is 0 Å². The SMILES string of the molecule is COc1ccc(S(=O)(=O)N(CC(=O)Nc2ccc(C34CC5CC(CC(C5)C3)C4)cc2)c2ccc(C)cc2)cc1Br. The van der Waals surface area contributed by atoms with Crippen molar-refractivity contribution in [1.82, 2.24) is 0 Å². The first-order valence-electron chi connectivity index (χ1n) is 14.0. The van der Waals surface area contributed by atoms with Gasteiger partial charge in [-0.25, -0.2) is 8.42 Å². The van der Waals surface area contributed by atoms with Gasteiger partial charge in [0.1, 0.15) is 12.3 Å². The number of hydrogen-bond acceptors (Lipinski definition) is 4. The van der Waals surface area contributed by atoms with Crippen LogP contribution < -0.4 is 14.4 Å². The Morgan fingerprint density at radius 3 is 2.10 bits per heavy atom. The molecule has 4 aliphatic carbocycles. The summed E-state index contributed by atoms with van der Waals surface area (Å²) in [5, 5.41) is 2.93. The number of nitrogens with zero attached hydrogens (tertiary/aromatic N) is 1. The molecule has 0 aromatic heterocycles. The lowest BCUT2D eigenvalue weighted by Gasteiger charge is -2.57. The van der Waals surface area contributed by atoms with Crippen molar-refractivity contribution < 1.29 is 17.9 Å². The van der Waals surface area contributed by atoms with E-state index in [2.05, 4.69) is 33.4 Å². The Balaban J connectivity index is 1.22. The van der Waals surface area contributed by atoms with Crippen molar-refractivity contribution in [1.29, 1.82) is 0 Å². The van der Waals surface area contributed by atoms with E-state index in [1.165, 1.54) is 63.3 Å². The van der Waals surface area contributed by atoms with Crippen LogP contribution in [-0.4, -0.2) is 28.0 Å². The maximum absolute atomic E-state index is 13.8. The molecule has 1 N–H and O–H groups in total. The van der Waals surface area contributed by atoms with Gasteiger partial charge in [0.15, 0.2) is 0 Å². The quantitative estimate of drug-likeness (QED) is 0.291. The molecule has 0 aliphatic heterocycles. The molecule has 7 rings (SSSR count). The molecule has 0 saturated heterocycles. The highest BCUT2D eigenvalue weighted by atomic mass is 79.9. The van der Waals surface area contributed by atoms with Crippen LogP contribution >= 0.6 is 15.9 Å². The third-order valence-corrected chi connectivity index (χ3v) is 11.5. The van der Waals surface area contributed by atoms with Crippen molar-refractivity contribution in [3.63, 3.8) is 0 Å². The summed E-state index contributed by atoms with van der Waals surface area (Å²) in [5.74, 6) is 2.72. The average Bonchev–Trinajstić information content (AvgIpc) is 2.92. The summed E-state index contributed by atoms with van der Waals surface area (Å²) in [5.41, 5.74) is 3.77. The number of ether oxygens (including phenoxy) is 1. The summed E-state index contributed by atoms with van der Waals surface area (Å²) in [4.78, 5) is 13.3. The molecule has 4 aliphatic rings. The zero-order valence-electron chi connectivity index (χ0n) is 22.9. The van der Waals surface area contributed by atoms with Crippen LogP contribution in [0.5, 0.6) is 5.75 Å². The largest absolute Gasteiger partial charge is 0.496 e. The van der Waals surface area contributed by atoms with Gasteiger partial charge in [-0.3, -0.25) is 9.10 Å². The van der Waals surface area contributed by atoms with E-state index in [0.29, 0.717) is 27.0 Å². The molecule has 1 amide bonds. The molecule has 40 heavy (non-hydrogen) atoms. The van der Waals surface area contributed by atoms with E-state index in [1.807, 2.05) is 31.2 Å². The summed E-state index contributed by atoms with van der Waals surface area (Å²) < 4.78 is 34.5. The predicted octanol–water partition coefficient (Wildman–Crippen LogP) is 7.07. The second-order valence-electron chi connectivity index (χ2n) is 12.0. The molecule has 0 heterocycles. The Hall–Kier alpha value is -2.84. The fourth-order valence-corrected chi connectivity index (χ4v) is 9.80. The van der Waals surface area contributed by atoms with Gasteiger partial charge >= 0.3 is 0 Å². The summed E-state index contributed by atoms with van der Waals surface area (Å²) in [6.45, 7) is 1.58. The van der Waals surface area contributed by atoms with Gasteiger partial charge in [-0.05, 0) is 133 Å². The summed E-state index contributed by atoms with van der Waals surface area (Å²) in [6, 6.07) is 20.0. The van der Waals surface area contributed by atoms with E-state index in [9.17, 15) is 13.2 Å². The number of benzene rings is 3. The van der Waals surface area contributed by atoms with Crippen LogP contribution in [0.25, 0.3) is 0 Å². The van der Waals surface area contributed by atoms with E-state index in [4.69, 9.17) is 4.74 Å². The van der Waals surface area contributed by atoms with Crippen LogP contribution in [0.4, 0.5) is 11.4 Å². The number of halogens is 1. The second-order valence-corrected chi connectivity index (χ2v) is 14.7. The number of nitrogens with one attached hydrogen (secondary N) is 1. The third-order valence-electron chi connectivity index (χ3n) is 9.14. The molecule has 0 radical (unpaired) electrons. The van der Waals surface area contributed by atoms with Crippen molar-refractivity contribution >= 4 is 43.2 Å². The Morgan fingerprint density at radius 1 is 0.950 bits per heavy atom. The number of aryl methyl sites for hydroxylation is 1. The molecular formula is C32H35BrN2O4S. The first-order valence-corrected chi connectivity index (χ1v) is 16.2. The fraction of sp³-hybridized carbons (Fsp3) is 0.406. The Kier molecular flexibility index (Phi) is 7.20. The molecule has 3 aromatic carbocycles. The first kappa shape index (κ1) is 27.3. The lowest BCUT2D eigenvalue weighted by atomic mass is 9.48. The lowest BCUT2D eigenvalue weighted by molar-refractivity contribution is -0.114. The second kappa shape index (κ2) is 10.5. The third kappa shape index (κ3) is 5.16. The van der Waals surface area contributed by atoms with Crippen LogP contribution in [0.3, 0.4) is 0 Å². The standard InChI is InChI=1S/C32H35BrN2O4S/c1-21-3-9-27(10-4-21)35(40(37,38)28-11-12-30(39-2)29(33)16-28)20-31(36)34-26-7-5-25(6-8-26)32-17-22-13-23(18-32)15-24(14-22)19-32/h3-12,16,22-24H,13-15,17-20H2,1-2H3,(H,34,36). The number of anilines is 2. The van der Waals surface area contributed by atoms with E-state index in [-0.39, 0.29) is 11.4 Å². The normalized spacial score (nSPS) is 25.0. The van der Waals surface area contributed by atoms with Crippen LogP contribution in [0.15, 0.2) is 76.1 Å². The molecule has 4 fully saturated rings. The van der Waals surface area contributed by atoms with Crippen molar-refractivity contribution in [3.8, 4) is 5.75 Å². The van der Waals surface area contributed by atoms with Crippen molar-refractivity contribution in [2.24, 2.45) is 17.8 Å². The number of carbonyl (C=O) groups excluding carboxylic acids is 1. The van der Waals surface area contributed by atoms with Crippen LogP contribution in [0, 0.1) is 24.7 Å². The van der Waals surface area contributed by atoms with Gasteiger partial charge in [0.25, 0.3) is 10.0 Å². The predicted molar refractivity (Wildman–Crippen MR) is 161 cm³/mol. The van der Waals surface area contributed by atoms with Gasteiger partial charge in [0.05, 0.1) is 22.2 Å². The maximum Gasteiger partial charge on any atom is 0.264 e. The summed E-state index contributed by atoms with van der Waals surface area (Å²) >= 11 is 3.38. The summed E-state index contributed by atoms with van der Waals surface area (Å²) in [6.07, 6.45) is 8.07. The molecule has 0 atom stereocenters. The van der Waals surface area contributed by atoms with E-state index in [1.54, 1.807) is 18.2 Å². The van der Waals surface area contributed by atoms with Crippen molar-refractivity contribution in [2.75, 3.05) is 23.3 Å². The Bertz CT molecular complexity index is 1480. The van der Waals surface area contributed by atoms with Crippen LogP contribution in [0.1, 0.15) is 49.7 Å². The number of amides is 1. The minimum Gasteiger partial charge on any atom is -0.496 e. The van der Waals surface area contributed by atoms with Crippen molar-refractivity contribution in [2.45, 2.75) is 55.8 Å². The molecule has 210 valence electrons. The van der Waals surface area contributed by atoms with Crippen molar-refractivity contribution in [3.05, 3.63) is 82.3 Å². The maximum atomic E-state index is 13.8. The lowest BCUT2D eigenvalue weighted by Crippen LogP contribution is -2.48. The number of rotatable bonds is 8. The fourth-order valence-electron chi connectivity index (χ4n) is 7.66. The first-order chi connectivity index (χ1) is 19.1. The molecule has 6 nitrogen and oxygen atoms in total. The monoisotopic (exact) mass is 622 g/mol. The van der Waals surface area contributed by atoms with E-state index >= 15 is 0 Å². The zero-order valence-corrected chi connectivity index (χ0v) is 25.3. The molecule has 0 unspecified atom stereocenters. The average molecular weight is 624 g/mol. The zero-order chi connectivity index (χ0) is 28.1. The molecule has 4 saturated carbocycles. The molecule has 3 aromatic rings. The highest BCUT2D eigenvalue weighted by Gasteiger charge is 2.51. The highest BCUT2D eigenvalue weighted by molar-refractivity contribution is 9.10. The number of carbonyl (C=O) groups is 1. The molecule has 0 spiro atoms.